The van der Waals surface area contributed by atoms with E-state index in [2.05, 4.69) is 28.3 Å². The number of fused-ring (bicyclic) bond motifs is 2. The van der Waals surface area contributed by atoms with E-state index in [4.69, 9.17) is 16.6 Å². The van der Waals surface area contributed by atoms with Gasteiger partial charge in [0.05, 0.1) is 22.1 Å². The Bertz CT molecular complexity index is 805. The summed E-state index contributed by atoms with van der Waals surface area (Å²) >= 11 is 8.24. The van der Waals surface area contributed by atoms with Crippen molar-refractivity contribution in [1.29, 1.82) is 0 Å². The standard InChI is InChI=1S/C16H16ClN3S/c1-2-20-15-11(17)4-3-5-12(15)19-16(20)14-10-7-9-21-13(10)6-8-18-14/h3-5,7,9,14,18H,2,6,8H2,1H3. The van der Waals surface area contributed by atoms with Crippen LogP contribution < -0.4 is 5.32 Å². The monoisotopic (exact) mass is 317 g/mol. The maximum Gasteiger partial charge on any atom is 0.131 e. The third-order valence-electron chi connectivity index (χ3n) is 4.11. The van der Waals surface area contributed by atoms with Gasteiger partial charge in [-0.3, -0.25) is 0 Å². The van der Waals surface area contributed by atoms with Gasteiger partial charge in [-0.2, -0.15) is 0 Å². The number of nitrogens with one attached hydrogen (secondary N) is 1. The Morgan fingerprint density at radius 2 is 2.33 bits per heavy atom. The molecule has 0 spiro atoms. The first-order valence-corrected chi connectivity index (χ1v) is 8.49. The molecule has 0 saturated carbocycles. The number of nitrogens with zero attached hydrogens (tertiary/aromatic N) is 2. The van der Waals surface area contributed by atoms with Crippen LogP contribution in [0.1, 0.15) is 29.2 Å². The number of thiophene rings is 1. The smallest absolute Gasteiger partial charge is 0.131 e. The molecule has 0 radical (unpaired) electrons. The van der Waals surface area contributed by atoms with Crippen LogP contribution in [-0.2, 0) is 13.0 Å². The summed E-state index contributed by atoms with van der Waals surface area (Å²) in [5.74, 6) is 1.07. The van der Waals surface area contributed by atoms with E-state index >= 15 is 0 Å². The van der Waals surface area contributed by atoms with Crippen LogP contribution in [0.3, 0.4) is 0 Å². The van der Waals surface area contributed by atoms with E-state index in [0.717, 1.165) is 41.4 Å². The topological polar surface area (TPSA) is 29.9 Å². The zero-order chi connectivity index (χ0) is 14.4. The lowest BCUT2D eigenvalue weighted by atomic mass is 10.0. The highest BCUT2D eigenvalue weighted by molar-refractivity contribution is 7.10. The van der Waals surface area contributed by atoms with Crippen molar-refractivity contribution in [3.63, 3.8) is 0 Å². The molecule has 1 aliphatic rings. The first-order chi connectivity index (χ1) is 10.3. The number of hydrogen-bond acceptors (Lipinski definition) is 3. The fourth-order valence-corrected chi connectivity index (χ4v) is 4.37. The summed E-state index contributed by atoms with van der Waals surface area (Å²) in [6, 6.07) is 8.33. The fraction of sp³-hybridized carbons (Fsp3) is 0.312. The lowest BCUT2D eigenvalue weighted by Crippen LogP contribution is -2.31. The van der Waals surface area contributed by atoms with Crippen molar-refractivity contribution >= 4 is 34.0 Å². The van der Waals surface area contributed by atoms with Gasteiger partial charge < -0.3 is 9.88 Å². The highest BCUT2D eigenvalue weighted by Gasteiger charge is 2.27. The van der Waals surface area contributed by atoms with Crippen LogP contribution >= 0.6 is 22.9 Å². The zero-order valence-electron chi connectivity index (χ0n) is 11.8. The summed E-state index contributed by atoms with van der Waals surface area (Å²) in [7, 11) is 0. The van der Waals surface area contributed by atoms with Crippen molar-refractivity contribution in [2.45, 2.75) is 25.9 Å². The van der Waals surface area contributed by atoms with Crippen LogP contribution in [0, 0.1) is 0 Å². The fourth-order valence-electron chi connectivity index (χ4n) is 3.18. The molecule has 0 bridgehead atoms. The van der Waals surface area contributed by atoms with Gasteiger partial charge in [0, 0.05) is 18.0 Å². The highest BCUT2D eigenvalue weighted by atomic mass is 35.5. The molecule has 5 heteroatoms. The molecule has 0 saturated heterocycles. The van der Waals surface area contributed by atoms with E-state index in [-0.39, 0.29) is 6.04 Å². The van der Waals surface area contributed by atoms with Crippen molar-refractivity contribution < 1.29 is 0 Å². The van der Waals surface area contributed by atoms with Gasteiger partial charge in [-0.05, 0) is 42.5 Å². The quantitative estimate of drug-likeness (QED) is 0.774. The van der Waals surface area contributed by atoms with Crippen molar-refractivity contribution in [3.8, 4) is 0 Å². The largest absolute Gasteiger partial charge is 0.325 e. The second-order valence-electron chi connectivity index (χ2n) is 5.26. The van der Waals surface area contributed by atoms with Crippen LogP contribution in [0.15, 0.2) is 29.6 Å². The van der Waals surface area contributed by atoms with Gasteiger partial charge in [0.25, 0.3) is 0 Å². The number of benzene rings is 1. The van der Waals surface area contributed by atoms with Crippen molar-refractivity contribution in [1.82, 2.24) is 14.9 Å². The van der Waals surface area contributed by atoms with Crippen LogP contribution in [0.25, 0.3) is 11.0 Å². The number of aromatic nitrogens is 2. The zero-order valence-corrected chi connectivity index (χ0v) is 13.3. The average molecular weight is 318 g/mol. The maximum atomic E-state index is 6.39. The Morgan fingerprint density at radius 3 is 3.19 bits per heavy atom. The van der Waals surface area contributed by atoms with E-state index in [1.165, 1.54) is 10.4 Å². The van der Waals surface area contributed by atoms with Crippen molar-refractivity contribution in [3.05, 3.63) is 50.9 Å². The number of imidazole rings is 1. The predicted molar refractivity (Wildman–Crippen MR) is 88.3 cm³/mol. The molecule has 21 heavy (non-hydrogen) atoms. The minimum atomic E-state index is 0.170. The van der Waals surface area contributed by atoms with Crippen molar-refractivity contribution in [2.75, 3.05) is 6.54 Å². The summed E-state index contributed by atoms with van der Waals surface area (Å²) in [6.45, 7) is 4.01. The average Bonchev–Trinajstić information content (AvgIpc) is 3.11. The second kappa shape index (κ2) is 5.13. The highest BCUT2D eigenvalue weighted by Crippen LogP contribution is 2.34. The SMILES string of the molecule is CCn1c(C2NCCc3sccc32)nc2cccc(Cl)c21. The lowest BCUT2D eigenvalue weighted by molar-refractivity contribution is 0.527. The third-order valence-corrected chi connectivity index (χ3v) is 5.41. The van der Waals surface area contributed by atoms with Crippen LogP contribution in [-0.4, -0.2) is 16.1 Å². The molecule has 0 aliphatic carbocycles. The molecular weight excluding hydrogens is 302 g/mol. The molecule has 1 aliphatic heterocycles. The molecule has 0 amide bonds. The Morgan fingerprint density at radius 1 is 1.43 bits per heavy atom. The Hall–Kier alpha value is -1.36. The molecule has 2 aromatic heterocycles. The number of rotatable bonds is 2. The van der Waals surface area contributed by atoms with Gasteiger partial charge in [-0.1, -0.05) is 17.7 Å². The van der Waals surface area contributed by atoms with E-state index in [0.29, 0.717) is 0 Å². The molecule has 3 heterocycles. The Kier molecular flexibility index (Phi) is 3.25. The normalized spacial score (nSPS) is 18.1. The summed E-state index contributed by atoms with van der Waals surface area (Å²) in [5.41, 5.74) is 3.39. The molecule has 3 nitrogen and oxygen atoms in total. The van der Waals surface area contributed by atoms with E-state index in [1.54, 1.807) is 0 Å². The Labute approximate surface area is 132 Å². The first kappa shape index (κ1) is 13.3. The molecular formula is C16H16ClN3S. The summed E-state index contributed by atoms with van der Waals surface area (Å²) in [6.07, 6.45) is 1.11. The van der Waals surface area contributed by atoms with E-state index in [9.17, 15) is 0 Å². The Balaban J connectivity index is 1.94. The summed E-state index contributed by atoms with van der Waals surface area (Å²) in [5, 5.41) is 6.56. The van der Waals surface area contributed by atoms with Crippen LogP contribution in [0.5, 0.6) is 0 Å². The van der Waals surface area contributed by atoms with Gasteiger partial charge >= 0.3 is 0 Å². The minimum Gasteiger partial charge on any atom is -0.325 e. The molecule has 0 fully saturated rings. The molecule has 4 rings (SSSR count). The first-order valence-electron chi connectivity index (χ1n) is 7.24. The summed E-state index contributed by atoms with van der Waals surface area (Å²) < 4.78 is 2.24. The van der Waals surface area contributed by atoms with E-state index in [1.807, 2.05) is 29.5 Å². The lowest BCUT2D eigenvalue weighted by Gasteiger charge is -2.24. The van der Waals surface area contributed by atoms with Gasteiger partial charge in [-0.15, -0.1) is 11.3 Å². The van der Waals surface area contributed by atoms with E-state index < -0.39 is 0 Å². The molecule has 1 unspecified atom stereocenters. The maximum absolute atomic E-state index is 6.39. The molecule has 1 atom stereocenters. The van der Waals surface area contributed by atoms with Gasteiger partial charge in [-0.25, -0.2) is 4.98 Å². The predicted octanol–water partition coefficient (Wildman–Crippen LogP) is 4.01. The number of aryl methyl sites for hydroxylation is 1. The van der Waals surface area contributed by atoms with Gasteiger partial charge in [0.1, 0.15) is 5.82 Å². The van der Waals surface area contributed by atoms with Crippen LogP contribution in [0.2, 0.25) is 5.02 Å². The molecule has 3 aromatic rings. The number of para-hydroxylation sites is 1. The minimum absolute atomic E-state index is 0.170. The molecule has 1 aromatic carbocycles. The van der Waals surface area contributed by atoms with Gasteiger partial charge in [0.15, 0.2) is 0 Å². The molecule has 108 valence electrons. The van der Waals surface area contributed by atoms with Crippen molar-refractivity contribution in [2.24, 2.45) is 0 Å². The third kappa shape index (κ3) is 2.01. The second-order valence-corrected chi connectivity index (χ2v) is 6.67. The van der Waals surface area contributed by atoms with Crippen LogP contribution in [0.4, 0.5) is 0 Å². The summed E-state index contributed by atoms with van der Waals surface area (Å²) in [4.78, 5) is 6.34. The number of hydrogen-bond donors (Lipinski definition) is 1. The van der Waals surface area contributed by atoms with Gasteiger partial charge in [0.2, 0.25) is 0 Å². The molecule has 1 N–H and O–H groups in total. The number of halogens is 1.